The Bertz CT molecular complexity index is 485. The summed E-state index contributed by atoms with van der Waals surface area (Å²) in [6.45, 7) is 4.18. The van der Waals surface area contributed by atoms with Gasteiger partial charge in [0.1, 0.15) is 5.82 Å². The molecule has 1 saturated heterocycles. The molecule has 2 rings (SSSR count). The van der Waals surface area contributed by atoms with Gasteiger partial charge in [-0.15, -0.1) is 0 Å². The Hall–Kier alpha value is -1.62. The van der Waals surface area contributed by atoms with E-state index in [1.807, 2.05) is 0 Å². The van der Waals surface area contributed by atoms with Crippen molar-refractivity contribution in [2.45, 2.75) is 19.8 Å². The van der Waals surface area contributed by atoms with E-state index in [4.69, 9.17) is 4.74 Å². The minimum Gasteiger partial charge on any atom is -0.385 e. The molecule has 0 bridgehead atoms. The van der Waals surface area contributed by atoms with Gasteiger partial charge in [-0.25, -0.2) is 4.39 Å². The Morgan fingerprint density at radius 3 is 2.75 bits per heavy atom. The van der Waals surface area contributed by atoms with Crippen LogP contribution in [0.15, 0.2) is 18.2 Å². The number of rotatable bonds is 4. The summed E-state index contributed by atoms with van der Waals surface area (Å²) in [5.74, 6) is -0.668. The van der Waals surface area contributed by atoms with E-state index in [1.54, 1.807) is 19.2 Å². The van der Waals surface area contributed by atoms with Gasteiger partial charge in [-0.05, 0) is 30.4 Å². The molecule has 1 aromatic rings. The van der Waals surface area contributed by atoms with Gasteiger partial charge in [-0.3, -0.25) is 4.79 Å². The first-order valence-corrected chi connectivity index (χ1v) is 6.88. The van der Waals surface area contributed by atoms with E-state index in [0.29, 0.717) is 12.1 Å². The van der Waals surface area contributed by atoms with Gasteiger partial charge in [0, 0.05) is 26.8 Å². The maximum atomic E-state index is 13.6. The topological polar surface area (TPSA) is 50.4 Å². The molecule has 1 amide bonds. The van der Waals surface area contributed by atoms with E-state index in [-0.39, 0.29) is 17.0 Å². The number of anilines is 1. The predicted molar refractivity (Wildman–Crippen MR) is 76.4 cm³/mol. The first kappa shape index (κ1) is 14.8. The maximum Gasteiger partial charge on any atom is 0.253 e. The highest BCUT2D eigenvalue weighted by Crippen LogP contribution is 2.29. The number of carbonyl (C=O) groups excluding carboxylic acids is 1. The molecule has 4 nitrogen and oxygen atoms in total. The molecule has 1 fully saturated rings. The molecule has 2 N–H and O–H groups in total. The number of carbonyl (C=O) groups is 1. The van der Waals surface area contributed by atoms with Crippen LogP contribution in [0.1, 0.15) is 30.1 Å². The fraction of sp³-hybridized carbons (Fsp3) is 0.533. The van der Waals surface area contributed by atoms with E-state index in [9.17, 15) is 9.18 Å². The van der Waals surface area contributed by atoms with Gasteiger partial charge in [0.2, 0.25) is 0 Å². The van der Waals surface area contributed by atoms with Gasteiger partial charge in [-0.2, -0.15) is 0 Å². The fourth-order valence-electron chi connectivity index (χ4n) is 2.40. The van der Waals surface area contributed by atoms with E-state index >= 15 is 0 Å². The number of amides is 1. The van der Waals surface area contributed by atoms with Crippen LogP contribution in [0, 0.1) is 11.2 Å². The zero-order valence-electron chi connectivity index (χ0n) is 12.0. The zero-order valence-corrected chi connectivity index (χ0v) is 12.0. The van der Waals surface area contributed by atoms with Gasteiger partial charge in [0.25, 0.3) is 5.91 Å². The number of hydrogen-bond acceptors (Lipinski definition) is 3. The highest BCUT2D eigenvalue weighted by atomic mass is 19.1. The van der Waals surface area contributed by atoms with Crippen LogP contribution < -0.4 is 10.6 Å². The summed E-state index contributed by atoms with van der Waals surface area (Å²) < 4.78 is 19.0. The smallest absolute Gasteiger partial charge is 0.253 e. The van der Waals surface area contributed by atoms with Crippen molar-refractivity contribution < 1.29 is 13.9 Å². The summed E-state index contributed by atoms with van der Waals surface area (Å²) in [6.07, 6.45) is 1.85. The fourth-order valence-corrected chi connectivity index (χ4v) is 2.40. The average molecular weight is 280 g/mol. The minimum absolute atomic E-state index is 0.0566. The van der Waals surface area contributed by atoms with E-state index in [1.165, 1.54) is 6.07 Å². The second-order valence-electron chi connectivity index (χ2n) is 5.52. The van der Waals surface area contributed by atoms with Crippen molar-refractivity contribution in [3.63, 3.8) is 0 Å². The Kier molecular flexibility index (Phi) is 4.60. The van der Waals surface area contributed by atoms with Gasteiger partial charge in [-0.1, -0.05) is 13.0 Å². The molecule has 20 heavy (non-hydrogen) atoms. The molecule has 0 unspecified atom stereocenters. The van der Waals surface area contributed by atoms with Gasteiger partial charge < -0.3 is 15.4 Å². The Morgan fingerprint density at radius 2 is 2.10 bits per heavy atom. The standard InChI is InChI=1S/C15H21FN2O2/c1-15(6-8-20-9-7-15)10-18-14(19)11-4-3-5-12(16)13(11)17-2/h3-5,17H,6-10H2,1-2H3,(H,18,19). The Morgan fingerprint density at radius 1 is 1.40 bits per heavy atom. The van der Waals surface area contributed by atoms with Crippen molar-refractivity contribution in [2.24, 2.45) is 5.41 Å². The monoisotopic (exact) mass is 280 g/mol. The third-order valence-electron chi connectivity index (χ3n) is 3.88. The second-order valence-corrected chi connectivity index (χ2v) is 5.52. The molecule has 1 aliphatic rings. The molecular formula is C15H21FN2O2. The summed E-state index contributed by atoms with van der Waals surface area (Å²) in [7, 11) is 1.61. The molecule has 0 saturated carbocycles. The highest BCUT2D eigenvalue weighted by Gasteiger charge is 2.28. The highest BCUT2D eigenvalue weighted by molar-refractivity contribution is 5.99. The molecule has 1 aliphatic heterocycles. The average Bonchev–Trinajstić information content (AvgIpc) is 2.45. The van der Waals surface area contributed by atoms with Crippen LogP contribution in [0.4, 0.5) is 10.1 Å². The van der Waals surface area contributed by atoms with Crippen molar-refractivity contribution in [3.8, 4) is 0 Å². The van der Waals surface area contributed by atoms with E-state index in [0.717, 1.165) is 26.1 Å². The van der Waals surface area contributed by atoms with Crippen LogP contribution in [0.25, 0.3) is 0 Å². The summed E-state index contributed by atoms with van der Waals surface area (Å²) in [5.41, 5.74) is 0.631. The van der Waals surface area contributed by atoms with E-state index < -0.39 is 5.82 Å². The molecular weight excluding hydrogens is 259 g/mol. The van der Waals surface area contributed by atoms with Gasteiger partial charge in [0.05, 0.1) is 11.3 Å². The molecule has 0 atom stereocenters. The SMILES string of the molecule is CNc1c(F)cccc1C(=O)NCC1(C)CCOCC1. The molecule has 1 heterocycles. The summed E-state index contributed by atoms with van der Waals surface area (Å²) >= 11 is 0. The van der Waals surface area contributed by atoms with Crippen molar-refractivity contribution in [3.05, 3.63) is 29.6 Å². The number of benzene rings is 1. The van der Waals surface area contributed by atoms with Crippen LogP contribution in [0.3, 0.4) is 0 Å². The first-order chi connectivity index (χ1) is 9.56. The lowest BCUT2D eigenvalue weighted by Crippen LogP contribution is -2.39. The lowest BCUT2D eigenvalue weighted by Gasteiger charge is -2.33. The summed E-state index contributed by atoms with van der Waals surface area (Å²) in [4.78, 5) is 12.2. The molecule has 1 aromatic carbocycles. The Labute approximate surface area is 118 Å². The predicted octanol–water partition coefficient (Wildman–Crippen LogP) is 2.41. The Balaban J connectivity index is 2.03. The van der Waals surface area contributed by atoms with Crippen molar-refractivity contribution in [1.29, 1.82) is 0 Å². The normalized spacial score (nSPS) is 17.6. The molecule has 0 radical (unpaired) electrons. The van der Waals surface area contributed by atoms with Crippen LogP contribution >= 0.6 is 0 Å². The molecule has 0 aromatic heterocycles. The van der Waals surface area contributed by atoms with Crippen LogP contribution in [0.5, 0.6) is 0 Å². The number of ether oxygens (including phenoxy) is 1. The van der Waals surface area contributed by atoms with Crippen LogP contribution in [-0.2, 0) is 4.74 Å². The second kappa shape index (κ2) is 6.22. The minimum atomic E-state index is -0.419. The first-order valence-electron chi connectivity index (χ1n) is 6.88. The zero-order chi connectivity index (χ0) is 14.6. The number of nitrogens with one attached hydrogen (secondary N) is 2. The largest absolute Gasteiger partial charge is 0.385 e. The number of para-hydroxylation sites is 1. The number of halogens is 1. The molecule has 5 heteroatoms. The molecule has 0 spiro atoms. The summed E-state index contributed by atoms with van der Waals surface area (Å²) in [5, 5.41) is 5.65. The van der Waals surface area contributed by atoms with Gasteiger partial charge >= 0.3 is 0 Å². The molecule has 110 valence electrons. The van der Waals surface area contributed by atoms with Crippen molar-refractivity contribution >= 4 is 11.6 Å². The van der Waals surface area contributed by atoms with Crippen LogP contribution in [-0.4, -0.2) is 32.7 Å². The summed E-state index contributed by atoms with van der Waals surface area (Å²) in [6, 6.07) is 4.50. The van der Waals surface area contributed by atoms with Crippen molar-refractivity contribution in [1.82, 2.24) is 5.32 Å². The lowest BCUT2D eigenvalue weighted by molar-refractivity contribution is 0.0238. The van der Waals surface area contributed by atoms with Gasteiger partial charge in [0.15, 0.2) is 0 Å². The van der Waals surface area contributed by atoms with E-state index in [2.05, 4.69) is 17.6 Å². The quantitative estimate of drug-likeness (QED) is 0.890. The number of hydrogen-bond donors (Lipinski definition) is 2. The maximum absolute atomic E-state index is 13.6. The van der Waals surface area contributed by atoms with Crippen LogP contribution in [0.2, 0.25) is 0 Å². The molecule has 0 aliphatic carbocycles. The van der Waals surface area contributed by atoms with Crippen molar-refractivity contribution in [2.75, 3.05) is 32.1 Å². The third kappa shape index (κ3) is 3.28. The lowest BCUT2D eigenvalue weighted by atomic mass is 9.82. The third-order valence-corrected chi connectivity index (χ3v) is 3.88.